The summed E-state index contributed by atoms with van der Waals surface area (Å²) in [6, 6.07) is 15.7. The van der Waals surface area contributed by atoms with Gasteiger partial charge in [0.25, 0.3) is 0 Å². The van der Waals surface area contributed by atoms with Crippen molar-refractivity contribution < 1.29 is 9.53 Å². The third-order valence-electron chi connectivity index (χ3n) is 4.95. The fraction of sp³-hybridized carbons (Fsp3) is 0.208. The van der Waals surface area contributed by atoms with Gasteiger partial charge in [-0.15, -0.1) is 0 Å². The smallest absolute Gasteiger partial charge is 0.234 e. The quantitative estimate of drug-likeness (QED) is 0.410. The van der Waals surface area contributed by atoms with Crippen molar-refractivity contribution in [2.45, 2.75) is 25.8 Å². The van der Waals surface area contributed by atoms with Crippen molar-refractivity contribution in [2.24, 2.45) is 0 Å². The van der Waals surface area contributed by atoms with E-state index in [1.807, 2.05) is 48.0 Å². The van der Waals surface area contributed by atoms with Gasteiger partial charge in [0.15, 0.2) is 0 Å². The van der Waals surface area contributed by atoms with E-state index < -0.39 is 0 Å². The summed E-state index contributed by atoms with van der Waals surface area (Å²) in [6.07, 6.45) is 3.53. The molecular formula is C24H24N4O2S. The topological polar surface area (TPSA) is 68.5 Å². The maximum atomic E-state index is 12.4. The molecule has 6 nitrogen and oxygen atoms in total. The number of aryl methyl sites for hydroxylation is 2. The van der Waals surface area contributed by atoms with Gasteiger partial charge < -0.3 is 10.1 Å². The minimum absolute atomic E-state index is 0.0909. The summed E-state index contributed by atoms with van der Waals surface area (Å²) in [5, 5.41) is 8.36. The fourth-order valence-electron chi connectivity index (χ4n) is 3.18. The molecule has 1 amide bonds. The molecule has 1 N–H and O–H groups in total. The van der Waals surface area contributed by atoms with Crippen LogP contribution in [0.25, 0.3) is 16.8 Å². The van der Waals surface area contributed by atoms with Crippen molar-refractivity contribution in [1.82, 2.24) is 14.6 Å². The summed E-state index contributed by atoms with van der Waals surface area (Å²) < 4.78 is 7.23. The van der Waals surface area contributed by atoms with E-state index in [0.29, 0.717) is 6.61 Å². The molecule has 0 bridgehead atoms. The number of hydrogen-bond donors (Lipinski definition) is 1. The molecule has 0 unspecified atom stereocenters. The highest BCUT2D eigenvalue weighted by atomic mass is 32.2. The second-order valence-corrected chi connectivity index (χ2v) is 8.15. The zero-order valence-corrected chi connectivity index (χ0v) is 18.6. The molecule has 0 aliphatic heterocycles. The molecule has 4 aromatic rings. The van der Waals surface area contributed by atoms with Crippen LogP contribution in [0.3, 0.4) is 0 Å². The molecule has 0 radical (unpaired) electrons. The summed E-state index contributed by atoms with van der Waals surface area (Å²) in [4.78, 5) is 16.9. The molecule has 0 aliphatic carbocycles. The number of nitrogens with one attached hydrogen (secondary N) is 1. The highest BCUT2D eigenvalue weighted by Gasteiger charge is 2.12. The van der Waals surface area contributed by atoms with Crippen molar-refractivity contribution in [1.29, 1.82) is 0 Å². The summed E-state index contributed by atoms with van der Waals surface area (Å²) >= 11 is 1.39. The van der Waals surface area contributed by atoms with Crippen LogP contribution in [-0.2, 0) is 4.79 Å². The van der Waals surface area contributed by atoms with Crippen LogP contribution in [0.5, 0.6) is 5.75 Å². The Bertz CT molecular complexity index is 1220. The van der Waals surface area contributed by atoms with Crippen molar-refractivity contribution in [3.8, 4) is 17.0 Å². The van der Waals surface area contributed by atoms with Gasteiger partial charge >= 0.3 is 0 Å². The van der Waals surface area contributed by atoms with Crippen molar-refractivity contribution >= 4 is 28.9 Å². The number of ether oxygens (including phenoxy) is 1. The van der Waals surface area contributed by atoms with Crippen LogP contribution in [0.2, 0.25) is 0 Å². The van der Waals surface area contributed by atoms with E-state index in [-0.39, 0.29) is 11.7 Å². The van der Waals surface area contributed by atoms with Gasteiger partial charge in [0.1, 0.15) is 10.8 Å². The molecule has 0 fully saturated rings. The van der Waals surface area contributed by atoms with Gasteiger partial charge in [0.05, 0.1) is 23.6 Å². The second-order valence-electron chi connectivity index (χ2n) is 7.19. The Hall–Kier alpha value is -3.32. The first-order valence-corrected chi connectivity index (χ1v) is 11.1. The van der Waals surface area contributed by atoms with Gasteiger partial charge in [0.2, 0.25) is 5.91 Å². The largest absolute Gasteiger partial charge is 0.494 e. The molecule has 2 aromatic heterocycles. The molecule has 2 aromatic carbocycles. The molecule has 0 atom stereocenters. The number of aromatic nitrogens is 3. The highest BCUT2D eigenvalue weighted by Crippen LogP contribution is 2.27. The number of carbonyl (C=O) groups is 1. The van der Waals surface area contributed by atoms with Gasteiger partial charge in [-0.05, 0) is 68.3 Å². The Balaban J connectivity index is 1.46. The number of fused-ring (bicyclic) bond motifs is 1. The van der Waals surface area contributed by atoms with Crippen LogP contribution in [0.1, 0.15) is 18.1 Å². The third-order valence-corrected chi connectivity index (χ3v) is 5.94. The third kappa shape index (κ3) is 4.88. The summed E-state index contributed by atoms with van der Waals surface area (Å²) in [7, 11) is 0. The molecule has 31 heavy (non-hydrogen) atoms. The summed E-state index contributed by atoms with van der Waals surface area (Å²) in [5.74, 6) is 0.947. The monoisotopic (exact) mass is 432 g/mol. The van der Waals surface area contributed by atoms with Gasteiger partial charge in [-0.1, -0.05) is 23.9 Å². The average Bonchev–Trinajstić information content (AvgIpc) is 3.21. The van der Waals surface area contributed by atoms with Crippen molar-refractivity contribution in [3.63, 3.8) is 0 Å². The van der Waals surface area contributed by atoms with Crippen LogP contribution in [0, 0.1) is 13.8 Å². The van der Waals surface area contributed by atoms with Crippen LogP contribution in [0.15, 0.2) is 66.0 Å². The molecule has 4 rings (SSSR count). The Morgan fingerprint density at radius 1 is 1.10 bits per heavy atom. The molecule has 0 saturated carbocycles. The number of thioether (sulfide) groups is 1. The second kappa shape index (κ2) is 9.22. The van der Waals surface area contributed by atoms with Crippen molar-refractivity contribution in [3.05, 3.63) is 72.1 Å². The number of anilines is 1. The lowest BCUT2D eigenvalue weighted by atomic mass is 10.0. The molecule has 0 saturated heterocycles. The molecule has 158 valence electrons. The predicted molar refractivity (Wildman–Crippen MR) is 125 cm³/mol. The molecule has 0 aliphatic rings. The van der Waals surface area contributed by atoms with E-state index in [0.717, 1.165) is 33.2 Å². The van der Waals surface area contributed by atoms with E-state index in [9.17, 15) is 4.79 Å². The highest BCUT2D eigenvalue weighted by molar-refractivity contribution is 8.00. The Labute approximate surface area is 185 Å². The Morgan fingerprint density at radius 2 is 1.90 bits per heavy atom. The first-order valence-electron chi connectivity index (χ1n) is 10.1. The lowest BCUT2D eigenvalue weighted by Gasteiger charge is -2.07. The van der Waals surface area contributed by atoms with Crippen LogP contribution >= 0.6 is 11.8 Å². The Morgan fingerprint density at radius 3 is 2.65 bits per heavy atom. The number of hydrogen-bond acceptors (Lipinski definition) is 5. The molecule has 0 spiro atoms. The number of rotatable bonds is 7. The van der Waals surface area contributed by atoms with Crippen LogP contribution < -0.4 is 10.1 Å². The average molecular weight is 433 g/mol. The van der Waals surface area contributed by atoms with Gasteiger partial charge in [0, 0.05) is 23.6 Å². The fourth-order valence-corrected chi connectivity index (χ4v) is 3.96. The maximum Gasteiger partial charge on any atom is 0.234 e. The number of nitrogens with zero attached hydrogens (tertiary/aromatic N) is 3. The maximum absolute atomic E-state index is 12.4. The lowest BCUT2D eigenvalue weighted by molar-refractivity contribution is -0.113. The van der Waals surface area contributed by atoms with Gasteiger partial charge in [-0.3, -0.25) is 4.79 Å². The molecule has 7 heteroatoms. The van der Waals surface area contributed by atoms with Gasteiger partial charge in [-0.2, -0.15) is 5.10 Å². The van der Waals surface area contributed by atoms with E-state index in [4.69, 9.17) is 4.74 Å². The lowest BCUT2D eigenvalue weighted by Crippen LogP contribution is -2.14. The summed E-state index contributed by atoms with van der Waals surface area (Å²) in [6.45, 7) is 6.74. The number of carbonyl (C=O) groups excluding carboxylic acids is 1. The summed E-state index contributed by atoms with van der Waals surface area (Å²) in [5.41, 5.74) is 6.06. The number of amides is 1. The van der Waals surface area contributed by atoms with Crippen LogP contribution in [-0.4, -0.2) is 32.9 Å². The molecule has 2 heterocycles. The standard InChI is InChI=1S/C24H24N4O2S/c1-4-30-20-9-7-19(8-10-20)26-23(29)15-31-24-22-14-21(27-28(22)12-11-25-24)18-6-5-16(2)17(3)13-18/h5-14H,4,15H2,1-3H3,(H,26,29). The van der Waals surface area contributed by atoms with E-state index in [1.54, 1.807) is 6.20 Å². The minimum Gasteiger partial charge on any atom is -0.494 e. The van der Waals surface area contributed by atoms with E-state index in [1.165, 1.54) is 22.9 Å². The minimum atomic E-state index is -0.0909. The first-order chi connectivity index (χ1) is 15.0. The van der Waals surface area contributed by atoms with E-state index in [2.05, 4.69) is 47.4 Å². The Kier molecular flexibility index (Phi) is 6.23. The zero-order chi connectivity index (χ0) is 21.8. The predicted octanol–water partition coefficient (Wildman–Crippen LogP) is 5.14. The SMILES string of the molecule is CCOc1ccc(NC(=O)CSc2nccn3nc(-c4ccc(C)c(C)c4)cc23)cc1. The van der Waals surface area contributed by atoms with E-state index >= 15 is 0 Å². The first kappa shape index (κ1) is 20.9. The molecular weight excluding hydrogens is 408 g/mol. The van der Waals surface area contributed by atoms with Gasteiger partial charge in [-0.25, -0.2) is 9.50 Å². The zero-order valence-electron chi connectivity index (χ0n) is 17.8. The normalized spacial score (nSPS) is 10.9. The van der Waals surface area contributed by atoms with Crippen LogP contribution in [0.4, 0.5) is 5.69 Å². The number of benzene rings is 2. The van der Waals surface area contributed by atoms with Crippen molar-refractivity contribution in [2.75, 3.05) is 17.7 Å².